The fourth-order valence-electron chi connectivity index (χ4n) is 5.18. The number of esters is 2. The van der Waals surface area contributed by atoms with Crippen molar-refractivity contribution in [2.75, 3.05) is 13.9 Å². The Labute approximate surface area is 208 Å². The predicted octanol–water partition coefficient (Wildman–Crippen LogP) is 3.77. The van der Waals surface area contributed by atoms with Crippen LogP contribution in [-0.4, -0.2) is 31.6 Å². The molecule has 2 aliphatic heterocycles. The number of Topliss-reactive ketones (excluding diaryl/α,β-unsaturated/α-hetero) is 1. The molecule has 3 atom stereocenters. The number of methoxy groups -OCH3 is 1. The van der Waals surface area contributed by atoms with Gasteiger partial charge in [-0.3, -0.25) is 9.59 Å². The summed E-state index contributed by atoms with van der Waals surface area (Å²) >= 11 is 0. The van der Waals surface area contributed by atoms with E-state index in [-0.39, 0.29) is 25.1 Å². The van der Waals surface area contributed by atoms with E-state index in [2.05, 4.69) is 5.32 Å². The van der Waals surface area contributed by atoms with Crippen LogP contribution in [0.25, 0.3) is 0 Å². The molecule has 0 fully saturated rings. The Kier molecular flexibility index (Phi) is 6.26. The van der Waals surface area contributed by atoms with E-state index in [1.54, 1.807) is 19.1 Å². The van der Waals surface area contributed by atoms with Crippen LogP contribution in [-0.2, 0) is 30.5 Å². The minimum Gasteiger partial charge on any atom is -0.468 e. The van der Waals surface area contributed by atoms with E-state index in [0.717, 1.165) is 5.56 Å². The minimum atomic E-state index is -0.952. The Morgan fingerprint density at radius 3 is 2.58 bits per heavy atom. The van der Waals surface area contributed by atoms with Crippen LogP contribution in [0.5, 0.6) is 11.5 Å². The third-order valence-corrected chi connectivity index (χ3v) is 6.91. The number of dihydropyridines is 1. The molecule has 2 aromatic carbocycles. The van der Waals surface area contributed by atoms with Gasteiger partial charge in [0.05, 0.1) is 12.7 Å². The number of hydrogen-bond donors (Lipinski definition) is 1. The van der Waals surface area contributed by atoms with Gasteiger partial charge in [-0.2, -0.15) is 0 Å². The Morgan fingerprint density at radius 1 is 1.08 bits per heavy atom. The van der Waals surface area contributed by atoms with Crippen LogP contribution in [0.4, 0.5) is 0 Å². The van der Waals surface area contributed by atoms with Gasteiger partial charge in [0.15, 0.2) is 17.3 Å². The van der Waals surface area contributed by atoms with Gasteiger partial charge < -0.3 is 24.3 Å². The van der Waals surface area contributed by atoms with Gasteiger partial charge >= 0.3 is 11.9 Å². The summed E-state index contributed by atoms with van der Waals surface area (Å²) < 4.78 is 21.7. The first-order valence-corrected chi connectivity index (χ1v) is 11.8. The normalized spacial score (nSPS) is 22.6. The quantitative estimate of drug-likeness (QED) is 0.501. The van der Waals surface area contributed by atoms with Crippen LogP contribution >= 0.6 is 0 Å². The molecule has 0 aromatic heterocycles. The summed E-state index contributed by atoms with van der Waals surface area (Å²) in [6.07, 6.45) is 0.464. The van der Waals surface area contributed by atoms with Crippen LogP contribution in [0.3, 0.4) is 0 Å². The molecule has 3 aliphatic rings. The van der Waals surface area contributed by atoms with E-state index >= 15 is 0 Å². The predicted molar refractivity (Wildman–Crippen MR) is 129 cm³/mol. The summed E-state index contributed by atoms with van der Waals surface area (Å²) in [5.74, 6) is -2.31. The Bertz CT molecular complexity index is 1290. The smallest absolute Gasteiger partial charge is 0.337 e. The highest BCUT2D eigenvalue weighted by atomic mass is 16.7. The molecular formula is C28H27NO7. The number of carbonyl (C=O) groups is 3. The average Bonchev–Trinajstić information content (AvgIpc) is 3.35. The molecule has 0 bridgehead atoms. The van der Waals surface area contributed by atoms with Crippen molar-refractivity contribution >= 4 is 17.7 Å². The number of benzene rings is 2. The van der Waals surface area contributed by atoms with Gasteiger partial charge in [0, 0.05) is 22.9 Å². The maximum Gasteiger partial charge on any atom is 0.337 e. The largest absolute Gasteiger partial charge is 0.468 e. The lowest BCUT2D eigenvalue weighted by molar-refractivity contribution is -0.151. The van der Waals surface area contributed by atoms with Gasteiger partial charge in [0.2, 0.25) is 6.79 Å². The molecule has 2 heterocycles. The van der Waals surface area contributed by atoms with Crippen molar-refractivity contribution < 1.29 is 33.3 Å². The SMILES string of the molecule is COC(=O)[C@H]1C(=O)C2=C(C[C@H]1C)NC(C)=C(C(=O)OCc1ccccc1)[C@@H]2c1ccc2c(c1)OCO2. The molecule has 0 spiro atoms. The van der Waals surface area contributed by atoms with E-state index in [0.29, 0.717) is 46.0 Å². The lowest BCUT2D eigenvalue weighted by atomic mass is 9.69. The number of allylic oxidation sites excluding steroid dienone is 3. The fourth-order valence-corrected chi connectivity index (χ4v) is 5.18. The molecule has 0 radical (unpaired) electrons. The molecule has 186 valence electrons. The Balaban J connectivity index is 1.57. The number of ketones is 1. The van der Waals surface area contributed by atoms with Gasteiger partial charge in [-0.05, 0) is 42.5 Å². The topological polar surface area (TPSA) is 100 Å². The molecule has 8 heteroatoms. The molecule has 1 aliphatic carbocycles. The van der Waals surface area contributed by atoms with E-state index in [4.69, 9.17) is 18.9 Å². The van der Waals surface area contributed by atoms with Crippen LogP contribution in [0, 0.1) is 11.8 Å². The monoisotopic (exact) mass is 489 g/mol. The number of fused-ring (bicyclic) bond motifs is 1. The third-order valence-electron chi connectivity index (χ3n) is 6.91. The molecule has 1 N–H and O–H groups in total. The standard InChI is InChI=1S/C28H27NO7/c1-15-11-19-25(26(30)22(15)27(31)33-3)24(18-9-10-20-21(12-18)36-14-35-20)23(16(2)29-19)28(32)34-13-17-7-5-4-6-8-17/h4-10,12,15,22,24,29H,11,13-14H2,1-3H3/t15-,22-,24+/m1/s1. The number of nitrogens with one attached hydrogen (secondary N) is 1. The van der Waals surface area contributed by atoms with E-state index in [9.17, 15) is 14.4 Å². The van der Waals surface area contributed by atoms with Gasteiger partial charge in [-0.25, -0.2) is 4.79 Å². The number of rotatable bonds is 5. The molecule has 0 saturated carbocycles. The maximum atomic E-state index is 13.8. The van der Waals surface area contributed by atoms with Crippen molar-refractivity contribution in [1.82, 2.24) is 5.32 Å². The molecular weight excluding hydrogens is 462 g/mol. The van der Waals surface area contributed by atoms with Crippen molar-refractivity contribution in [3.63, 3.8) is 0 Å². The zero-order valence-corrected chi connectivity index (χ0v) is 20.3. The van der Waals surface area contributed by atoms with Crippen LogP contribution in [0.1, 0.15) is 37.3 Å². The maximum absolute atomic E-state index is 13.8. The average molecular weight is 490 g/mol. The Morgan fingerprint density at radius 2 is 1.83 bits per heavy atom. The number of hydrogen-bond acceptors (Lipinski definition) is 8. The second-order valence-corrected chi connectivity index (χ2v) is 9.21. The third kappa shape index (κ3) is 4.12. The first-order valence-electron chi connectivity index (χ1n) is 11.8. The number of ether oxygens (including phenoxy) is 4. The molecule has 0 saturated heterocycles. The van der Waals surface area contributed by atoms with Crippen molar-refractivity contribution in [2.24, 2.45) is 11.8 Å². The van der Waals surface area contributed by atoms with Gasteiger partial charge in [-0.1, -0.05) is 43.3 Å². The molecule has 36 heavy (non-hydrogen) atoms. The molecule has 2 aromatic rings. The molecule has 5 rings (SSSR count). The zero-order chi connectivity index (χ0) is 25.4. The second-order valence-electron chi connectivity index (χ2n) is 9.21. The lowest BCUT2D eigenvalue weighted by Crippen LogP contribution is -2.43. The van der Waals surface area contributed by atoms with Gasteiger partial charge in [-0.15, -0.1) is 0 Å². The summed E-state index contributed by atoms with van der Waals surface area (Å²) in [6.45, 7) is 3.83. The minimum absolute atomic E-state index is 0.0893. The first kappa shape index (κ1) is 23.7. The van der Waals surface area contributed by atoms with E-state index in [1.807, 2.05) is 43.3 Å². The van der Waals surface area contributed by atoms with Crippen LogP contribution in [0.2, 0.25) is 0 Å². The summed E-state index contributed by atoms with van der Waals surface area (Å²) in [4.78, 5) is 39.9. The molecule has 0 unspecified atom stereocenters. The van der Waals surface area contributed by atoms with Crippen molar-refractivity contribution in [2.45, 2.75) is 32.8 Å². The van der Waals surface area contributed by atoms with Gasteiger partial charge in [0.1, 0.15) is 12.5 Å². The highest BCUT2D eigenvalue weighted by molar-refractivity contribution is 6.12. The van der Waals surface area contributed by atoms with Crippen molar-refractivity contribution in [3.05, 3.63) is 82.2 Å². The van der Waals surface area contributed by atoms with Gasteiger partial charge in [0.25, 0.3) is 0 Å². The summed E-state index contributed by atoms with van der Waals surface area (Å²) in [6, 6.07) is 14.7. The first-order chi connectivity index (χ1) is 17.4. The van der Waals surface area contributed by atoms with Crippen LogP contribution < -0.4 is 14.8 Å². The summed E-state index contributed by atoms with van der Waals surface area (Å²) in [5.41, 5.74) is 3.51. The number of carbonyl (C=O) groups excluding carboxylic acids is 3. The second kappa shape index (κ2) is 9.53. The van der Waals surface area contributed by atoms with E-state index < -0.39 is 23.8 Å². The fraction of sp³-hybridized carbons (Fsp3) is 0.321. The lowest BCUT2D eigenvalue weighted by Gasteiger charge is -2.38. The van der Waals surface area contributed by atoms with Crippen molar-refractivity contribution in [3.8, 4) is 11.5 Å². The zero-order valence-electron chi connectivity index (χ0n) is 20.3. The Hall–Kier alpha value is -4.07. The highest BCUT2D eigenvalue weighted by Gasteiger charge is 2.47. The van der Waals surface area contributed by atoms with Crippen LogP contribution in [0.15, 0.2) is 71.1 Å². The molecule has 0 amide bonds. The van der Waals surface area contributed by atoms with E-state index in [1.165, 1.54) is 7.11 Å². The summed E-state index contributed by atoms with van der Waals surface area (Å²) in [7, 11) is 1.27. The molecule has 8 nitrogen and oxygen atoms in total. The summed E-state index contributed by atoms with van der Waals surface area (Å²) in [5, 5.41) is 3.27. The highest BCUT2D eigenvalue weighted by Crippen LogP contribution is 2.47. The van der Waals surface area contributed by atoms with Crippen molar-refractivity contribution in [1.29, 1.82) is 0 Å².